The summed E-state index contributed by atoms with van der Waals surface area (Å²) in [5, 5.41) is 10.6. The normalized spacial score (nSPS) is 18.1. The zero-order valence-electron chi connectivity index (χ0n) is 15.3. The number of carbonyl (C=O) groups excluding carboxylic acids is 1. The smallest absolute Gasteiger partial charge is 0.226 e. The average Bonchev–Trinajstić information content (AvgIpc) is 3.33. The number of piperidine rings is 1. The summed E-state index contributed by atoms with van der Waals surface area (Å²) in [4.78, 5) is 23.3. The summed E-state index contributed by atoms with van der Waals surface area (Å²) >= 11 is 1.81. The topological polar surface area (TPSA) is 66.6 Å². The van der Waals surface area contributed by atoms with Crippen molar-refractivity contribution in [3.63, 3.8) is 0 Å². The lowest BCUT2D eigenvalue weighted by Gasteiger charge is -2.36. The number of carbonyl (C=O) groups is 1. The number of thiophene rings is 1. The van der Waals surface area contributed by atoms with Crippen LogP contribution in [0.5, 0.6) is 0 Å². The van der Waals surface area contributed by atoms with Gasteiger partial charge in [0.2, 0.25) is 11.6 Å². The average molecular weight is 382 g/mol. The van der Waals surface area contributed by atoms with Gasteiger partial charge in [-0.2, -0.15) is 0 Å². The van der Waals surface area contributed by atoms with Crippen LogP contribution in [-0.4, -0.2) is 50.0 Å². The summed E-state index contributed by atoms with van der Waals surface area (Å²) in [6.45, 7) is 5.22. The Morgan fingerprint density at radius 3 is 2.93 bits per heavy atom. The van der Waals surface area contributed by atoms with E-state index in [4.69, 9.17) is 0 Å². The van der Waals surface area contributed by atoms with Crippen LogP contribution in [0.15, 0.2) is 23.8 Å². The fourth-order valence-electron chi connectivity index (χ4n) is 4.18. The Balaban J connectivity index is 1.27. The number of fused-ring (bicyclic) bond motifs is 2. The predicted octanol–water partition coefficient (Wildman–Crippen LogP) is 2.30. The lowest BCUT2D eigenvalue weighted by atomic mass is 9.94. The molecular formula is C19H22N6OS. The fourth-order valence-corrected chi connectivity index (χ4v) is 5.07. The molecule has 0 spiro atoms. The molecule has 2 aliphatic rings. The van der Waals surface area contributed by atoms with Crippen molar-refractivity contribution in [1.29, 1.82) is 0 Å². The molecular weight excluding hydrogens is 360 g/mol. The third-order valence-corrected chi connectivity index (χ3v) is 6.76. The number of hydrogen-bond donors (Lipinski definition) is 0. The van der Waals surface area contributed by atoms with Gasteiger partial charge < -0.3 is 9.80 Å². The van der Waals surface area contributed by atoms with Gasteiger partial charge in [-0.1, -0.05) is 0 Å². The third-order valence-electron chi connectivity index (χ3n) is 5.74. The molecule has 5 rings (SSSR count). The largest absolute Gasteiger partial charge is 0.353 e. The molecule has 5 heterocycles. The van der Waals surface area contributed by atoms with Gasteiger partial charge in [0.25, 0.3) is 0 Å². The fraction of sp³-hybridized carbons (Fsp3) is 0.474. The highest BCUT2D eigenvalue weighted by Gasteiger charge is 2.31. The Hall–Kier alpha value is -2.48. The van der Waals surface area contributed by atoms with Crippen LogP contribution in [0.25, 0.3) is 5.65 Å². The number of hydrogen-bond acceptors (Lipinski definition) is 6. The standard InChI is InChI=1S/C19H22N6OS/c1-13-21-22-18-17(20-6-10-25(13)18)23-7-2-14(3-8-23)19(26)24-9-4-16-15(12-24)5-11-27-16/h5-6,10-11,14H,2-4,7-9,12H2,1H3. The van der Waals surface area contributed by atoms with Crippen LogP contribution in [0.1, 0.15) is 29.1 Å². The van der Waals surface area contributed by atoms with Gasteiger partial charge in [-0.05, 0) is 43.2 Å². The monoisotopic (exact) mass is 382 g/mol. The molecule has 0 aromatic carbocycles. The Morgan fingerprint density at radius 1 is 1.22 bits per heavy atom. The van der Waals surface area contributed by atoms with Crippen molar-refractivity contribution in [2.75, 3.05) is 24.5 Å². The Bertz CT molecular complexity index is 987. The molecule has 0 bridgehead atoms. The Morgan fingerprint density at radius 2 is 2.07 bits per heavy atom. The summed E-state index contributed by atoms with van der Waals surface area (Å²) in [5.74, 6) is 2.15. The summed E-state index contributed by atoms with van der Waals surface area (Å²) in [6.07, 6.45) is 6.40. The van der Waals surface area contributed by atoms with Gasteiger partial charge in [-0.3, -0.25) is 9.20 Å². The van der Waals surface area contributed by atoms with E-state index in [2.05, 4.69) is 36.4 Å². The highest BCUT2D eigenvalue weighted by Crippen LogP contribution is 2.29. The number of aromatic nitrogens is 4. The maximum Gasteiger partial charge on any atom is 0.226 e. The van der Waals surface area contributed by atoms with Crippen molar-refractivity contribution in [2.24, 2.45) is 5.92 Å². The van der Waals surface area contributed by atoms with Crippen LogP contribution in [-0.2, 0) is 17.8 Å². The maximum absolute atomic E-state index is 13.0. The second-order valence-electron chi connectivity index (χ2n) is 7.33. The number of nitrogens with zero attached hydrogens (tertiary/aromatic N) is 6. The summed E-state index contributed by atoms with van der Waals surface area (Å²) < 4.78 is 1.96. The molecule has 7 nitrogen and oxygen atoms in total. The van der Waals surface area contributed by atoms with E-state index in [9.17, 15) is 4.79 Å². The molecule has 0 saturated carbocycles. The molecule has 0 atom stereocenters. The predicted molar refractivity (Wildman–Crippen MR) is 104 cm³/mol. The highest BCUT2D eigenvalue weighted by atomic mass is 32.1. The van der Waals surface area contributed by atoms with Crippen LogP contribution < -0.4 is 4.90 Å². The minimum absolute atomic E-state index is 0.112. The second kappa shape index (κ2) is 6.60. The van der Waals surface area contributed by atoms with Crippen LogP contribution >= 0.6 is 11.3 Å². The van der Waals surface area contributed by atoms with E-state index < -0.39 is 0 Å². The minimum Gasteiger partial charge on any atom is -0.353 e. The van der Waals surface area contributed by atoms with E-state index in [1.54, 1.807) is 6.20 Å². The molecule has 3 aromatic rings. The quantitative estimate of drug-likeness (QED) is 0.680. The molecule has 140 valence electrons. The number of aryl methyl sites for hydroxylation is 1. The van der Waals surface area contributed by atoms with Crippen molar-refractivity contribution in [1.82, 2.24) is 24.5 Å². The van der Waals surface area contributed by atoms with Gasteiger partial charge in [0.1, 0.15) is 5.82 Å². The number of anilines is 1. The molecule has 0 unspecified atom stereocenters. The molecule has 27 heavy (non-hydrogen) atoms. The first-order chi connectivity index (χ1) is 13.2. The van der Waals surface area contributed by atoms with E-state index >= 15 is 0 Å². The van der Waals surface area contributed by atoms with E-state index in [1.165, 1.54) is 10.4 Å². The summed E-state index contributed by atoms with van der Waals surface area (Å²) in [7, 11) is 0. The zero-order chi connectivity index (χ0) is 18.4. The van der Waals surface area contributed by atoms with Crippen LogP contribution in [0, 0.1) is 12.8 Å². The molecule has 0 aliphatic carbocycles. The van der Waals surface area contributed by atoms with Crippen molar-refractivity contribution in [2.45, 2.75) is 32.7 Å². The SMILES string of the molecule is Cc1nnc2c(N3CCC(C(=O)N4CCc5sccc5C4)CC3)nccn12. The first kappa shape index (κ1) is 16.7. The molecule has 0 radical (unpaired) electrons. The maximum atomic E-state index is 13.0. The minimum atomic E-state index is 0.112. The van der Waals surface area contributed by atoms with E-state index in [0.29, 0.717) is 5.91 Å². The third kappa shape index (κ3) is 2.88. The van der Waals surface area contributed by atoms with Crippen LogP contribution in [0.3, 0.4) is 0 Å². The van der Waals surface area contributed by atoms with Crippen molar-refractivity contribution >= 4 is 28.7 Å². The van der Waals surface area contributed by atoms with Gasteiger partial charge >= 0.3 is 0 Å². The molecule has 0 N–H and O–H groups in total. The molecule has 8 heteroatoms. The van der Waals surface area contributed by atoms with Crippen molar-refractivity contribution < 1.29 is 4.79 Å². The molecule has 2 aliphatic heterocycles. The number of rotatable bonds is 2. The van der Waals surface area contributed by atoms with Gasteiger partial charge in [0.15, 0.2) is 5.82 Å². The van der Waals surface area contributed by atoms with E-state index in [1.807, 2.05) is 28.9 Å². The number of amides is 1. The lowest BCUT2D eigenvalue weighted by molar-refractivity contribution is -0.137. The van der Waals surface area contributed by atoms with Gasteiger partial charge in [0, 0.05) is 49.4 Å². The van der Waals surface area contributed by atoms with Crippen LogP contribution in [0.2, 0.25) is 0 Å². The van der Waals surface area contributed by atoms with E-state index in [0.717, 1.165) is 62.7 Å². The summed E-state index contributed by atoms with van der Waals surface area (Å²) in [6, 6.07) is 2.16. The first-order valence-electron chi connectivity index (χ1n) is 9.46. The van der Waals surface area contributed by atoms with Crippen LogP contribution in [0.4, 0.5) is 5.82 Å². The first-order valence-corrected chi connectivity index (χ1v) is 10.3. The van der Waals surface area contributed by atoms with Gasteiger partial charge in [-0.15, -0.1) is 21.5 Å². The molecule has 3 aromatic heterocycles. The lowest BCUT2D eigenvalue weighted by Crippen LogP contribution is -2.44. The molecule has 1 saturated heterocycles. The molecule has 1 amide bonds. The van der Waals surface area contributed by atoms with Crippen molar-refractivity contribution in [3.8, 4) is 0 Å². The van der Waals surface area contributed by atoms with Gasteiger partial charge in [-0.25, -0.2) is 4.98 Å². The van der Waals surface area contributed by atoms with Gasteiger partial charge in [0.05, 0.1) is 0 Å². The highest BCUT2D eigenvalue weighted by molar-refractivity contribution is 7.10. The van der Waals surface area contributed by atoms with Crippen molar-refractivity contribution in [3.05, 3.63) is 40.1 Å². The second-order valence-corrected chi connectivity index (χ2v) is 8.33. The Labute approximate surface area is 161 Å². The molecule has 1 fully saturated rings. The zero-order valence-corrected chi connectivity index (χ0v) is 16.2. The summed E-state index contributed by atoms with van der Waals surface area (Å²) in [5.41, 5.74) is 2.12. The van der Waals surface area contributed by atoms with E-state index in [-0.39, 0.29) is 5.92 Å². The Kier molecular flexibility index (Phi) is 4.07.